The van der Waals surface area contributed by atoms with Gasteiger partial charge >= 0.3 is 0 Å². The van der Waals surface area contributed by atoms with Crippen LogP contribution in [0.5, 0.6) is 0 Å². The van der Waals surface area contributed by atoms with E-state index in [4.69, 9.17) is 1.12 Å². The van der Waals surface area contributed by atoms with E-state index < -0.39 is 0 Å². The molecule has 0 saturated heterocycles. The summed E-state index contributed by atoms with van der Waals surface area (Å²) in [6, 6.07) is 0. The molecular formula is C6H14S. The van der Waals surface area contributed by atoms with Gasteiger partial charge in [-0.05, 0) is 18.1 Å². The Morgan fingerprint density at radius 1 is 1.71 bits per heavy atom. The largest absolute Gasteiger partial charge is 0.179 e. The molecule has 44 valence electrons. The summed E-state index contributed by atoms with van der Waals surface area (Å²) >= 11 is 1.19. The second-order valence-corrected chi connectivity index (χ2v) is 2.65. The third kappa shape index (κ3) is 6.35. The summed E-state index contributed by atoms with van der Waals surface area (Å²) in [4.78, 5) is 0. The van der Waals surface area contributed by atoms with Gasteiger partial charge in [-0.1, -0.05) is 20.3 Å². The zero-order valence-electron chi connectivity index (χ0n) is 6.11. The average Bonchev–Trinajstić information content (AvgIpc) is 1.66. The lowest BCUT2D eigenvalue weighted by Crippen LogP contribution is -1.85. The van der Waals surface area contributed by atoms with Crippen LogP contribution < -0.4 is 0 Å². The van der Waals surface area contributed by atoms with Crippen LogP contribution in [-0.4, -0.2) is 6.88 Å². The standard InChI is InChI=1S/C6H14S/c1-6(2)4-3-5-7/h6-7H,3-5H2,1-2H3/i/hT. The predicted molar refractivity (Wildman–Crippen MR) is 37.9 cm³/mol. The molecule has 0 unspecified atom stereocenters. The number of hydrogen-bond acceptors (Lipinski definition) is 1. The van der Waals surface area contributed by atoms with Gasteiger partial charge in [-0.25, -0.2) is 0 Å². The molecule has 0 amide bonds. The Kier molecular flexibility index (Phi) is 3.53. The predicted octanol–water partition coefficient (Wildman–Crippen LogP) is 2.35. The van der Waals surface area contributed by atoms with Crippen molar-refractivity contribution in [1.29, 1.82) is 1.12 Å². The first-order chi connectivity index (χ1) is 3.77. The van der Waals surface area contributed by atoms with Gasteiger partial charge in [0.2, 0.25) is 0 Å². The van der Waals surface area contributed by atoms with Gasteiger partial charge in [0.1, 0.15) is 1.12 Å². The summed E-state index contributed by atoms with van der Waals surface area (Å²) in [7, 11) is 0. The fourth-order valence-corrected chi connectivity index (χ4v) is 0.658. The van der Waals surface area contributed by atoms with Crippen molar-refractivity contribution in [1.82, 2.24) is 0 Å². The van der Waals surface area contributed by atoms with Crippen molar-refractivity contribution in [2.24, 2.45) is 5.92 Å². The molecule has 0 nitrogen and oxygen atoms in total. The minimum atomic E-state index is 0.808. The van der Waals surface area contributed by atoms with Crippen molar-refractivity contribution in [2.75, 3.05) is 5.75 Å². The van der Waals surface area contributed by atoms with E-state index in [0.717, 1.165) is 11.7 Å². The topological polar surface area (TPSA) is 0 Å². The van der Waals surface area contributed by atoms with Gasteiger partial charge < -0.3 is 0 Å². The van der Waals surface area contributed by atoms with E-state index in [1.165, 1.54) is 25.4 Å². The quantitative estimate of drug-likeness (QED) is 0.427. The Labute approximate surface area is 52.8 Å². The summed E-state index contributed by atoms with van der Waals surface area (Å²) in [6.07, 6.45) is 2.47. The first-order valence-electron chi connectivity index (χ1n) is 3.26. The normalized spacial score (nSPS) is 12.1. The minimum Gasteiger partial charge on any atom is -0.179 e. The van der Waals surface area contributed by atoms with E-state index in [1.807, 2.05) is 0 Å². The molecule has 0 fully saturated rings. The molecule has 0 aliphatic rings. The first-order valence-corrected chi connectivity index (χ1v) is 3.43. The third-order valence-electron chi connectivity index (χ3n) is 0.926. The Balaban J connectivity index is 2.72. The molecule has 0 aromatic heterocycles. The minimum absolute atomic E-state index is 0.808. The van der Waals surface area contributed by atoms with Gasteiger partial charge in [0, 0.05) is 0 Å². The fourth-order valence-electron chi connectivity index (χ4n) is 0.492. The molecule has 1 heteroatoms. The summed E-state index contributed by atoms with van der Waals surface area (Å²) in [6.45, 7) is 4.43. The second-order valence-electron chi connectivity index (χ2n) is 2.24. The molecule has 0 aliphatic heterocycles. The zero-order chi connectivity index (χ0) is 6.41. The van der Waals surface area contributed by atoms with Crippen molar-refractivity contribution < 1.29 is 0 Å². The van der Waals surface area contributed by atoms with Crippen LogP contribution in [0.4, 0.5) is 0 Å². The lowest BCUT2D eigenvalue weighted by atomic mass is 10.1. The molecule has 0 radical (unpaired) electrons. The summed E-state index contributed by atoms with van der Waals surface area (Å²) in [5.41, 5.74) is 0. The second kappa shape index (κ2) is 4.51. The van der Waals surface area contributed by atoms with Gasteiger partial charge in [0.05, 0.1) is 0 Å². The SMILES string of the molecule is [3H]SCCCC(C)C. The van der Waals surface area contributed by atoms with Crippen LogP contribution >= 0.6 is 12.5 Å². The molecule has 0 aliphatic carbocycles. The molecule has 0 bridgehead atoms. The summed E-state index contributed by atoms with van der Waals surface area (Å²) in [5, 5.41) is 0. The maximum atomic E-state index is 6.76. The lowest BCUT2D eigenvalue weighted by Gasteiger charge is -1.98. The lowest BCUT2D eigenvalue weighted by molar-refractivity contribution is 0.579. The highest BCUT2D eigenvalue weighted by Gasteiger charge is 1.89. The van der Waals surface area contributed by atoms with E-state index in [-0.39, 0.29) is 0 Å². The molecule has 0 spiro atoms. The Morgan fingerprint density at radius 2 is 2.43 bits per heavy atom. The maximum Gasteiger partial charge on any atom is 0.102 e. The van der Waals surface area contributed by atoms with Crippen LogP contribution in [0, 0.1) is 5.92 Å². The first kappa shape index (κ1) is 5.49. The van der Waals surface area contributed by atoms with Crippen molar-refractivity contribution in [3.8, 4) is 0 Å². The molecular weight excluding hydrogens is 104 g/mol. The summed E-state index contributed by atoms with van der Waals surface area (Å²) in [5.74, 6) is 1.81. The Bertz CT molecular complexity index is 45.8. The van der Waals surface area contributed by atoms with Crippen molar-refractivity contribution in [3.63, 3.8) is 0 Å². The van der Waals surface area contributed by atoms with Crippen LogP contribution in [0.1, 0.15) is 26.7 Å². The van der Waals surface area contributed by atoms with Crippen LogP contribution in [0.25, 0.3) is 0 Å². The van der Waals surface area contributed by atoms with E-state index in [0.29, 0.717) is 0 Å². The molecule has 7 heavy (non-hydrogen) atoms. The van der Waals surface area contributed by atoms with E-state index in [2.05, 4.69) is 13.8 Å². The third-order valence-corrected chi connectivity index (χ3v) is 1.21. The smallest absolute Gasteiger partial charge is 0.102 e. The molecule has 0 atom stereocenters. The van der Waals surface area contributed by atoms with Gasteiger partial charge in [0.15, 0.2) is 0 Å². The van der Waals surface area contributed by atoms with Gasteiger partial charge in [-0.15, -0.1) is 0 Å². The van der Waals surface area contributed by atoms with Crippen LogP contribution in [0.15, 0.2) is 0 Å². The van der Waals surface area contributed by atoms with Crippen LogP contribution in [0.2, 0.25) is 0 Å². The highest BCUT2D eigenvalue weighted by molar-refractivity contribution is 7.80. The summed E-state index contributed by atoms with van der Waals surface area (Å²) < 4.78 is 6.76. The number of thiol groups is 1. The molecule has 0 saturated carbocycles. The van der Waals surface area contributed by atoms with Gasteiger partial charge in [-0.2, -0.15) is 12.5 Å². The Morgan fingerprint density at radius 3 is 2.86 bits per heavy atom. The van der Waals surface area contributed by atoms with Crippen molar-refractivity contribution >= 4 is 12.5 Å². The maximum absolute atomic E-state index is 6.76. The highest BCUT2D eigenvalue weighted by Crippen LogP contribution is 2.02. The number of hydrogen-bond donors (Lipinski definition) is 1. The fraction of sp³-hybridized carbons (Fsp3) is 1.00. The number of rotatable bonds is 4. The Hall–Kier alpha value is 0.350. The van der Waals surface area contributed by atoms with E-state index in [9.17, 15) is 0 Å². The van der Waals surface area contributed by atoms with Crippen molar-refractivity contribution in [3.05, 3.63) is 0 Å². The van der Waals surface area contributed by atoms with Crippen molar-refractivity contribution in [2.45, 2.75) is 26.7 Å². The molecule has 0 N–H and O–H groups in total. The van der Waals surface area contributed by atoms with Gasteiger partial charge in [-0.3, -0.25) is 0 Å². The monoisotopic (exact) mass is 120 g/mol. The van der Waals surface area contributed by atoms with Crippen LogP contribution in [0.3, 0.4) is 0 Å². The van der Waals surface area contributed by atoms with Crippen LogP contribution in [-0.2, 0) is 0 Å². The molecule has 0 rings (SSSR count). The van der Waals surface area contributed by atoms with E-state index >= 15 is 0 Å². The zero-order valence-corrected chi connectivity index (χ0v) is 5.92. The van der Waals surface area contributed by atoms with Gasteiger partial charge in [0.25, 0.3) is 0 Å². The molecule has 0 aromatic carbocycles. The molecule has 0 aromatic rings. The average molecular weight is 120 g/mol. The highest BCUT2D eigenvalue weighted by atomic mass is 32.1. The molecule has 0 heterocycles. The van der Waals surface area contributed by atoms with E-state index in [1.54, 1.807) is 0 Å².